The number of amides is 1. The predicted octanol–water partition coefficient (Wildman–Crippen LogP) is 3.15. The normalized spacial score (nSPS) is 10.4. The van der Waals surface area contributed by atoms with Crippen molar-refractivity contribution in [2.75, 3.05) is 7.11 Å². The van der Waals surface area contributed by atoms with Crippen LogP contribution in [0.5, 0.6) is 17.4 Å². The van der Waals surface area contributed by atoms with Crippen LogP contribution in [0.3, 0.4) is 0 Å². The maximum atomic E-state index is 11.6. The maximum Gasteiger partial charge on any atom is 0.222 e. The lowest BCUT2D eigenvalue weighted by molar-refractivity contribution is -0.124. The zero-order chi connectivity index (χ0) is 15.9. The molecule has 116 valence electrons. The Morgan fingerprint density at radius 2 is 1.86 bits per heavy atom. The molecule has 1 aromatic heterocycles. The zero-order valence-electron chi connectivity index (χ0n) is 13.0. The topological polar surface area (TPSA) is 60.5 Å². The standard InChI is InChI=1S/C17H20N2O3/c1-12(2)17(20)19-11-13-8-9-18-16(10-13)22-15-6-4-14(21-3)5-7-15/h4-10,12H,11H2,1-3H3,(H,19,20). The van der Waals surface area contributed by atoms with E-state index >= 15 is 0 Å². The molecule has 0 bridgehead atoms. The van der Waals surface area contributed by atoms with Crippen LogP contribution in [0.2, 0.25) is 0 Å². The van der Waals surface area contributed by atoms with Crippen molar-refractivity contribution in [3.63, 3.8) is 0 Å². The van der Waals surface area contributed by atoms with Gasteiger partial charge in [-0.25, -0.2) is 4.98 Å². The molecule has 0 atom stereocenters. The van der Waals surface area contributed by atoms with Gasteiger partial charge >= 0.3 is 0 Å². The van der Waals surface area contributed by atoms with Crippen LogP contribution >= 0.6 is 0 Å². The van der Waals surface area contributed by atoms with Crippen molar-refractivity contribution in [1.29, 1.82) is 0 Å². The van der Waals surface area contributed by atoms with Gasteiger partial charge in [0.15, 0.2) is 0 Å². The fourth-order valence-electron chi connectivity index (χ4n) is 1.77. The monoisotopic (exact) mass is 300 g/mol. The fraction of sp³-hybridized carbons (Fsp3) is 0.294. The first-order chi connectivity index (χ1) is 10.6. The number of carbonyl (C=O) groups is 1. The molecule has 1 heterocycles. The van der Waals surface area contributed by atoms with E-state index in [1.807, 2.05) is 50.2 Å². The minimum atomic E-state index is -0.0307. The van der Waals surface area contributed by atoms with E-state index in [0.717, 1.165) is 11.3 Å². The van der Waals surface area contributed by atoms with Crippen molar-refractivity contribution >= 4 is 5.91 Å². The smallest absolute Gasteiger partial charge is 0.222 e. The Labute approximate surface area is 130 Å². The van der Waals surface area contributed by atoms with Crippen molar-refractivity contribution in [2.45, 2.75) is 20.4 Å². The Balaban J connectivity index is 1.99. The minimum Gasteiger partial charge on any atom is -0.497 e. The molecule has 5 nitrogen and oxygen atoms in total. The van der Waals surface area contributed by atoms with Crippen LogP contribution in [0.15, 0.2) is 42.6 Å². The summed E-state index contributed by atoms with van der Waals surface area (Å²) < 4.78 is 10.8. The van der Waals surface area contributed by atoms with E-state index in [1.165, 1.54) is 0 Å². The van der Waals surface area contributed by atoms with Gasteiger partial charge in [0.25, 0.3) is 0 Å². The van der Waals surface area contributed by atoms with E-state index in [9.17, 15) is 4.79 Å². The van der Waals surface area contributed by atoms with Gasteiger partial charge in [0.2, 0.25) is 11.8 Å². The summed E-state index contributed by atoms with van der Waals surface area (Å²) in [5, 5.41) is 2.87. The number of nitrogens with one attached hydrogen (secondary N) is 1. The van der Waals surface area contributed by atoms with Crippen LogP contribution in [-0.4, -0.2) is 18.0 Å². The van der Waals surface area contributed by atoms with Crippen LogP contribution in [-0.2, 0) is 11.3 Å². The second-order valence-corrected chi connectivity index (χ2v) is 5.15. The molecule has 0 fully saturated rings. The molecular weight excluding hydrogens is 280 g/mol. The third-order valence-corrected chi connectivity index (χ3v) is 3.07. The van der Waals surface area contributed by atoms with Crippen LogP contribution in [0, 0.1) is 5.92 Å². The second kappa shape index (κ2) is 7.45. The molecule has 0 aliphatic carbocycles. The molecular formula is C17H20N2O3. The van der Waals surface area contributed by atoms with Crippen molar-refractivity contribution in [2.24, 2.45) is 5.92 Å². The first-order valence-corrected chi connectivity index (χ1v) is 7.13. The number of pyridine rings is 1. The van der Waals surface area contributed by atoms with Gasteiger partial charge in [-0.15, -0.1) is 0 Å². The minimum absolute atomic E-state index is 0.0226. The first kappa shape index (κ1) is 15.8. The Morgan fingerprint density at radius 1 is 1.18 bits per heavy atom. The number of rotatable bonds is 6. The third-order valence-electron chi connectivity index (χ3n) is 3.07. The van der Waals surface area contributed by atoms with Gasteiger partial charge < -0.3 is 14.8 Å². The predicted molar refractivity (Wildman–Crippen MR) is 84.0 cm³/mol. The Kier molecular flexibility index (Phi) is 5.36. The molecule has 5 heteroatoms. The number of ether oxygens (including phenoxy) is 2. The van der Waals surface area contributed by atoms with E-state index in [4.69, 9.17) is 9.47 Å². The molecule has 0 aliphatic rings. The van der Waals surface area contributed by atoms with Gasteiger partial charge in [-0.1, -0.05) is 13.8 Å². The lowest BCUT2D eigenvalue weighted by Crippen LogP contribution is -2.27. The van der Waals surface area contributed by atoms with E-state index in [0.29, 0.717) is 18.2 Å². The zero-order valence-corrected chi connectivity index (χ0v) is 13.0. The molecule has 1 aromatic carbocycles. The lowest BCUT2D eigenvalue weighted by atomic mass is 10.2. The van der Waals surface area contributed by atoms with E-state index in [-0.39, 0.29) is 11.8 Å². The summed E-state index contributed by atoms with van der Waals surface area (Å²) in [6.45, 7) is 4.18. The summed E-state index contributed by atoms with van der Waals surface area (Å²) in [6, 6.07) is 10.9. The number of methoxy groups -OCH3 is 1. The molecule has 2 aromatic rings. The summed E-state index contributed by atoms with van der Waals surface area (Å²) in [5.74, 6) is 1.93. The largest absolute Gasteiger partial charge is 0.497 e. The van der Waals surface area contributed by atoms with Gasteiger partial charge in [0.1, 0.15) is 11.5 Å². The number of hydrogen-bond donors (Lipinski definition) is 1. The van der Waals surface area contributed by atoms with Crippen molar-refractivity contribution in [3.8, 4) is 17.4 Å². The summed E-state index contributed by atoms with van der Waals surface area (Å²) in [7, 11) is 1.62. The second-order valence-electron chi connectivity index (χ2n) is 5.15. The van der Waals surface area contributed by atoms with Gasteiger partial charge in [-0.05, 0) is 35.9 Å². The number of benzene rings is 1. The van der Waals surface area contributed by atoms with Gasteiger partial charge in [0, 0.05) is 24.7 Å². The van der Waals surface area contributed by atoms with Crippen molar-refractivity contribution in [3.05, 3.63) is 48.2 Å². The Morgan fingerprint density at radius 3 is 2.50 bits per heavy atom. The summed E-state index contributed by atoms with van der Waals surface area (Å²) in [6.07, 6.45) is 1.66. The highest BCUT2D eigenvalue weighted by Crippen LogP contribution is 2.22. The van der Waals surface area contributed by atoms with E-state index in [1.54, 1.807) is 13.3 Å². The number of aromatic nitrogens is 1. The highest BCUT2D eigenvalue weighted by Gasteiger charge is 2.07. The maximum absolute atomic E-state index is 11.6. The quantitative estimate of drug-likeness (QED) is 0.890. The Hall–Kier alpha value is -2.56. The third kappa shape index (κ3) is 4.48. The van der Waals surface area contributed by atoms with Gasteiger partial charge in [-0.2, -0.15) is 0 Å². The number of hydrogen-bond acceptors (Lipinski definition) is 4. The van der Waals surface area contributed by atoms with E-state index < -0.39 is 0 Å². The van der Waals surface area contributed by atoms with Crippen LogP contribution in [0.1, 0.15) is 19.4 Å². The highest BCUT2D eigenvalue weighted by atomic mass is 16.5. The summed E-state index contributed by atoms with van der Waals surface area (Å²) in [4.78, 5) is 15.8. The molecule has 0 saturated carbocycles. The van der Waals surface area contributed by atoms with Crippen LogP contribution in [0.4, 0.5) is 0 Å². The molecule has 0 unspecified atom stereocenters. The summed E-state index contributed by atoms with van der Waals surface area (Å²) >= 11 is 0. The fourth-order valence-corrected chi connectivity index (χ4v) is 1.77. The van der Waals surface area contributed by atoms with Crippen LogP contribution < -0.4 is 14.8 Å². The van der Waals surface area contributed by atoms with Crippen molar-refractivity contribution < 1.29 is 14.3 Å². The highest BCUT2D eigenvalue weighted by molar-refractivity contribution is 5.77. The lowest BCUT2D eigenvalue weighted by Gasteiger charge is -2.09. The number of carbonyl (C=O) groups excluding carboxylic acids is 1. The van der Waals surface area contributed by atoms with Gasteiger partial charge in [0.05, 0.1) is 7.11 Å². The molecule has 22 heavy (non-hydrogen) atoms. The average molecular weight is 300 g/mol. The molecule has 1 amide bonds. The van der Waals surface area contributed by atoms with Crippen molar-refractivity contribution in [1.82, 2.24) is 10.3 Å². The molecule has 0 radical (unpaired) electrons. The molecule has 0 spiro atoms. The molecule has 2 rings (SSSR count). The molecule has 0 saturated heterocycles. The molecule has 1 N–H and O–H groups in total. The number of nitrogens with zero attached hydrogens (tertiary/aromatic N) is 1. The van der Waals surface area contributed by atoms with Gasteiger partial charge in [-0.3, -0.25) is 4.79 Å². The first-order valence-electron chi connectivity index (χ1n) is 7.13. The molecule has 0 aliphatic heterocycles. The summed E-state index contributed by atoms with van der Waals surface area (Å²) in [5.41, 5.74) is 0.938. The SMILES string of the molecule is COc1ccc(Oc2cc(CNC(=O)C(C)C)ccn2)cc1. The van der Waals surface area contributed by atoms with E-state index in [2.05, 4.69) is 10.3 Å². The van der Waals surface area contributed by atoms with Crippen LogP contribution in [0.25, 0.3) is 0 Å². The average Bonchev–Trinajstić information content (AvgIpc) is 2.53. The Bertz CT molecular complexity index is 624.